The standard InChI is InChI=1S/C59H67N7O22/c1-33-45(63-65-60)49(46(64-66-61)56(81-33)79-30-42(55(72)74-6)62-59(73)80-29-40-23-15-9-16-24-40)88-57-52(77-28-39-21-13-8-14-22-39)50(76-27-38-19-11-7-12-20-38)47(44(85-57)32-78-54(71)41-25-17-10-18-26-41)87-58-53(84-37(5)70)51(83-36(4)69)48(82-35(3)68)43(86-58)31-75-34(2)67/h7-26,33,42-53,56-58H,27-32H2,1-6H3,(H,62,73)/t33-,42+,43-,44-,45+,46-,47+,48+,49+,50+,51+,52-,53-,56+,57-,58+/m1/s1. The lowest BCUT2D eigenvalue weighted by Crippen LogP contribution is -2.68. The van der Waals surface area contributed by atoms with Crippen molar-refractivity contribution in [3.63, 3.8) is 0 Å². The highest BCUT2D eigenvalue weighted by Gasteiger charge is 2.58. The first kappa shape index (κ1) is 66.8. The van der Waals surface area contributed by atoms with E-state index in [1.165, 1.54) is 19.1 Å². The molecule has 1 N–H and O–H groups in total. The summed E-state index contributed by atoms with van der Waals surface area (Å²) in [5.41, 5.74) is 22.3. The first-order valence-electron chi connectivity index (χ1n) is 27.7. The van der Waals surface area contributed by atoms with Gasteiger partial charge in [-0.25, -0.2) is 14.4 Å². The number of ether oxygens (including phenoxy) is 15. The maximum atomic E-state index is 13.9. The molecule has 0 unspecified atom stereocenters. The van der Waals surface area contributed by atoms with Crippen LogP contribution in [0.5, 0.6) is 0 Å². The van der Waals surface area contributed by atoms with Gasteiger partial charge in [0.15, 0.2) is 43.2 Å². The molecule has 0 bridgehead atoms. The number of carbonyl (C=O) groups is 7. The second-order valence-electron chi connectivity index (χ2n) is 20.0. The molecule has 3 aliphatic heterocycles. The van der Waals surface area contributed by atoms with Gasteiger partial charge in [0.25, 0.3) is 0 Å². The van der Waals surface area contributed by atoms with Crippen molar-refractivity contribution in [2.24, 2.45) is 10.2 Å². The number of carbonyl (C=O) groups excluding carboxylic acids is 7. The Balaban J connectivity index is 1.34. The van der Waals surface area contributed by atoms with Crippen LogP contribution < -0.4 is 5.32 Å². The van der Waals surface area contributed by atoms with Gasteiger partial charge in [0.05, 0.1) is 50.7 Å². The lowest BCUT2D eigenvalue weighted by molar-refractivity contribution is -0.376. The molecule has 0 spiro atoms. The van der Waals surface area contributed by atoms with Gasteiger partial charge < -0.3 is 76.4 Å². The molecule has 1 amide bonds. The van der Waals surface area contributed by atoms with Crippen molar-refractivity contribution >= 4 is 41.9 Å². The van der Waals surface area contributed by atoms with Crippen molar-refractivity contribution < 1.29 is 105 Å². The summed E-state index contributed by atoms with van der Waals surface area (Å²) < 4.78 is 91.9. The summed E-state index contributed by atoms with van der Waals surface area (Å²) in [5, 5.41) is 10.4. The number of rotatable bonds is 27. The lowest BCUT2D eigenvalue weighted by Gasteiger charge is -2.50. The maximum absolute atomic E-state index is 13.9. The van der Waals surface area contributed by atoms with E-state index in [-0.39, 0.29) is 25.4 Å². The van der Waals surface area contributed by atoms with E-state index < -0.39 is 160 Å². The fourth-order valence-electron chi connectivity index (χ4n) is 9.71. The topological polar surface area (TPSA) is 367 Å². The molecule has 0 aliphatic carbocycles. The molecule has 3 aliphatic rings. The quantitative estimate of drug-likeness (QED) is 0.0229. The minimum atomic E-state index is -1.89. The fourth-order valence-corrected chi connectivity index (χ4v) is 9.71. The Labute approximate surface area is 504 Å². The number of nitrogens with zero attached hydrogens (tertiary/aromatic N) is 6. The number of alkyl carbamates (subject to hydrolysis) is 1. The Hall–Kier alpha value is -8.73. The molecule has 0 aromatic heterocycles. The summed E-state index contributed by atoms with van der Waals surface area (Å²) in [5.74, 6) is -5.35. The predicted octanol–water partition coefficient (Wildman–Crippen LogP) is 6.18. The Bertz CT molecular complexity index is 3050. The molecule has 7 rings (SSSR count). The van der Waals surface area contributed by atoms with Gasteiger partial charge in [0, 0.05) is 37.5 Å². The maximum Gasteiger partial charge on any atom is 0.408 e. The number of hydrogen-bond donors (Lipinski definition) is 1. The van der Waals surface area contributed by atoms with Gasteiger partial charge in [-0.3, -0.25) is 19.2 Å². The second kappa shape index (κ2) is 33.4. The van der Waals surface area contributed by atoms with Gasteiger partial charge in [-0.15, -0.1) is 0 Å². The van der Waals surface area contributed by atoms with Crippen LogP contribution in [0.4, 0.5) is 4.79 Å². The van der Waals surface area contributed by atoms with Crippen molar-refractivity contribution in [1.29, 1.82) is 0 Å². The van der Waals surface area contributed by atoms with Gasteiger partial charge >= 0.3 is 41.9 Å². The van der Waals surface area contributed by atoms with Crippen LogP contribution in [-0.4, -0.2) is 167 Å². The molecule has 0 radical (unpaired) electrons. The average molecular weight is 1230 g/mol. The van der Waals surface area contributed by atoms with Crippen molar-refractivity contribution in [1.82, 2.24) is 5.32 Å². The number of nitrogens with one attached hydrogen (secondary N) is 1. The first-order chi connectivity index (χ1) is 42.5. The third-order valence-corrected chi connectivity index (χ3v) is 13.7. The van der Waals surface area contributed by atoms with E-state index in [0.717, 1.165) is 34.8 Å². The minimum absolute atomic E-state index is 0.120. The van der Waals surface area contributed by atoms with Crippen LogP contribution in [0.1, 0.15) is 61.7 Å². The van der Waals surface area contributed by atoms with Crippen molar-refractivity contribution in [3.8, 4) is 0 Å². The van der Waals surface area contributed by atoms with Crippen LogP contribution in [0.15, 0.2) is 132 Å². The van der Waals surface area contributed by atoms with Gasteiger partial charge in [-0.05, 0) is 46.8 Å². The van der Waals surface area contributed by atoms with Crippen LogP contribution in [0.2, 0.25) is 0 Å². The predicted molar refractivity (Wildman–Crippen MR) is 299 cm³/mol. The molecule has 29 nitrogen and oxygen atoms in total. The Morgan fingerprint density at radius 2 is 0.989 bits per heavy atom. The molecule has 29 heteroatoms. The van der Waals surface area contributed by atoms with E-state index in [2.05, 4.69) is 25.4 Å². The molecule has 3 fully saturated rings. The molecular weight excluding hydrogens is 1160 g/mol. The molecule has 3 heterocycles. The van der Waals surface area contributed by atoms with Crippen LogP contribution in [0, 0.1) is 0 Å². The first-order valence-corrected chi connectivity index (χ1v) is 27.7. The van der Waals surface area contributed by atoms with Gasteiger partial charge in [0.1, 0.15) is 56.4 Å². The second-order valence-corrected chi connectivity index (χ2v) is 20.0. The van der Waals surface area contributed by atoms with Crippen molar-refractivity contribution in [2.45, 2.75) is 152 Å². The van der Waals surface area contributed by atoms with Gasteiger partial charge in [-0.2, -0.15) is 0 Å². The molecule has 4 aromatic carbocycles. The lowest BCUT2D eigenvalue weighted by atomic mass is 9.94. The smallest absolute Gasteiger partial charge is 0.408 e. The Morgan fingerprint density at radius 3 is 1.53 bits per heavy atom. The Kier molecular flexibility index (Phi) is 25.4. The summed E-state index contributed by atoms with van der Waals surface area (Å²) in [4.78, 5) is 97.4. The number of esters is 6. The van der Waals surface area contributed by atoms with E-state index in [1.54, 1.807) is 109 Å². The highest BCUT2D eigenvalue weighted by Crippen LogP contribution is 2.39. The van der Waals surface area contributed by atoms with E-state index >= 15 is 0 Å². The number of methoxy groups -OCH3 is 1. The van der Waals surface area contributed by atoms with Crippen LogP contribution in [0.25, 0.3) is 20.9 Å². The zero-order valence-electron chi connectivity index (χ0n) is 48.7. The molecule has 88 heavy (non-hydrogen) atoms. The van der Waals surface area contributed by atoms with Gasteiger partial charge in [0.2, 0.25) is 0 Å². The zero-order chi connectivity index (χ0) is 63.1. The summed E-state index contributed by atoms with van der Waals surface area (Å²) >= 11 is 0. The van der Waals surface area contributed by atoms with E-state index in [0.29, 0.717) is 16.7 Å². The van der Waals surface area contributed by atoms with E-state index in [4.69, 9.17) is 71.1 Å². The summed E-state index contributed by atoms with van der Waals surface area (Å²) in [6, 6.07) is 29.7. The number of hydrogen-bond acceptors (Lipinski definition) is 24. The third kappa shape index (κ3) is 19.1. The highest BCUT2D eigenvalue weighted by molar-refractivity contribution is 5.89. The van der Waals surface area contributed by atoms with Crippen LogP contribution >= 0.6 is 0 Å². The number of azide groups is 2. The average Bonchev–Trinajstić information content (AvgIpc) is 0.881. The van der Waals surface area contributed by atoms with Crippen molar-refractivity contribution in [3.05, 3.63) is 164 Å². The van der Waals surface area contributed by atoms with Crippen LogP contribution in [-0.2, 0) is 115 Å². The normalized spacial score (nSPS) is 26.8. The summed E-state index contributed by atoms with van der Waals surface area (Å²) in [7, 11) is 1.08. The molecule has 0 saturated carbocycles. The number of benzene rings is 4. The summed E-state index contributed by atoms with van der Waals surface area (Å²) in [6.45, 7) is 3.19. The monoisotopic (exact) mass is 1230 g/mol. The minimum Gasteiger partial charge on any atom is -0.467 e. The van der Waals surface area contributed by atoms with E-state index in [1.807, 2.05) is 0 Å². The highest BCUT2D eigenvalue weighted by atomic mass is 16.8. The molecule has 470 valence electrons. The molecule has 3 saturated heterocycles. The largest absolute Gasteiger partial charge is 0.467 e. The van der Waals surface area contributed by atoms with Gasteiger partial charge in [-0.1, -0.05) is 119 Å². The fraction of sp³-hybridized carbons (Fsp3) is 0.475. The SMILES string of the molecule is COC(=O)[C@H](CO[C@H]1O[C@H](C)[C@H](N=[N+]=[N-])[C@H](O[C@H]2O[C@H](COC(=O)c3ccccc3)[C@H](O[C@@H]3O[C@H](COC(C)=O)[C@H](OC(C)=O)[C@H](OC(C)=O)[C@H]3OC(C)=O)[C@H](OCc3ccccc3)[C@H]2OCc2ccccc2)[C@H]1N=[N+]=[N-])NC(=O)OCc1ccccc1. The zero-order valence-corrected chi connectivity index (χ0v) is 48.7. The summed E-state index contributed by atoms with van der Waals surface area (Å²) in [6.07, 6.45) is -21.9. The molecule has 4 aromatic rings. The molecular formula is C59H67N7O22. The number of amides is 1. The third-order valence-electron chi connectivity index (χ3n) is 13.7. The van der Waals surface area contributed by atoms with E-state index in [9.17, 15) is 44.6 Å². The Morgan fingerprint density at radius 1 is 0.511 bits per heavy atom. The van der Waals surface area contributed by atoms with Crippen LogP contribution in [0.3, 0.4) is 0 Å². The molecule has 16 atom stereocenters. The van der Waals surface area contributed by atoms with Crippen molar-refractivity contribution in [2.75, 3.05) is 26.9 Å².